The number of rotatable bonds is 10. The molecule has 0 saturated carbocycles. The van der Waals surface area contributed by atoms with Crippen molar-refractivity contribution in [1.29, 1.82) is 0 Å². The van der Waals surface area contributed by atoms with E-state index in [1.807, 2.05) is 0 Å². The summed E-state index contributed by atoms with van der Waals surface area (Å²) in [5, 5.41) is 2.81. The molecule has 0 amide bonds. The van der Waals surface area contributed by atoms with Crippen LogP contribution in [0, 0.1) is 0 Å². The first-order valence-electron chi connectivity index (χ1n) is 7.09. The highest BCUT2D eigenvalue weighted by atomic mass is 16.8. The van der Waals surface area contributed by atoms with Crippen molar-refractivity contribution in [3.8, 4) is 0 Å². The van der Waals surface area contributed by atoms with Crippen LogP contribution < -0.4 is 16.8 Å². The fraction of sp³-hybridized carbons (Fsp3) is 0.769. The molecule has 0 saturated heterocycles. The minimum absolute atomic E-state index is 0.0401. The van der Waals surface area contributed by atoms with Crippen LogP contribution in [0.3, 0.4) is 0 Å². The molecule has 0 radical (unpaired) electrons. The van der Waals surface area contributed by atoms with Crippen molar-refractivity contribution in [2.24, 2.45) is 0 Å². The fourth-order valence-electron chi connectivity index (χ4n) is 2.52. The van der Waals surface area contributed by atoms with E-state index in [2.05, 4.69) is 20.3 Å². The molecule has 0 unspecified atom stereocenters. The maximum Gasteiger partial charge on any atom is 0.314 e. The van der Waals surface area contributed by atoms with Crippen LogP contribution in [-0.2, 0) is 28.4 Å². The molecule has 0 aliphatic carbocycles. The molecule has 0 aliphatic heterocycles. The van der Waals surface area contributed by atoms with Gasteiger partial charge in [-0.15, -0.1) is 0 Å². The van der Waals surface area contributed by atoms with E-state index < -0.39 is 17.5 Å². The molecule has 1 heterocycles. The molecule has 0 aromatic carbocycles. The third-order valence-corrected chi connectivity index (χ3v) is 3.91. The first-order chi connectivity index (χ1) is 11.7. The smallest absolute Gasteiger partial charge is 0.314 e. The van der Waals surface area contributed by atoms with Crippen molar-refractivity contribution >= 4 is 17.8 Å². The van der Waals surface area contributed by atoms with Gasteiger partial charge in [-0.05, 0) is 6.92 Å². The summed E-state index contributed by atoms with van der Waals surface area (Å²) in [7, 11) is 8.25. The van der Waals surface area contributed by atoms with Gasteiger partial charge in [0.05, 0.1) is 0 Å². The van der Waals surface area contributed by atoms with Crippen molar-refractivity contribution in [1.82, 2.24) is 15.0 Å². The van der Waals surface area contributed by atoms with Crippen LogP contribution in [-0.4, -0.2) is 75.1 Å². The number of ether oxygens (including phenoxy) is 6. The van der Waals surface area contributed by atoms with E-state index in [0.717, 1.165) is 0 Å². The van der Waals surface area contributed by atoms with Gasteiger partial charge < -0.3 is 39.9 Å². The van der Waals surface area contributed by atoms with Crippen molar-refractivity contribution in [3.63, 3.8) is 0 Å². The third kappa shape index (κ3) is 3.44. The summed E-state index contributed by atoms with van der Waals surface area (Å²) in [5.41, 5.74) is 11.2. The van der Waals surface area contributed by atoms with Crippen LogP contribution in [0.1, 0.15) is 6.92 Å². The summed E-state index contributed by atoms with van der Waals surface area (Å²) in [6.07, 6.45) is 0. The molecule has 0 atom stereocenters. The van der Waals surface area contributed by atoms with Gasteiger partial charge >= 0.3 is 11.7 Å². The molecule has 0 aliphatic rings. The number of nitrogen functional groups attached to an aromatic ring is 2. The topological polar surface area (TPSA) is 158 Å². The van der Waals surface area contributed by atoms with Crippen LogP contribution in [0.25, 0.3) is 0 Å². The van der Waals surface area contributed by atoms with E-state index in [4.69, 9.17) is 39.9 Å². The molecule has 5 N–H and O–H groups in total. The predicted molar refractivity (Wildman–Crippen MR) is 88.2 cm³/mol. The first kappa shape index (κ1) is 21.2. The molecule has 0 spiro atoms. The van der Waals surface area contributed by atoms with Gasteiger partial charge in [0, 0.05) is 42.7 Å². The van der Waals surface area contributed by atoms with Crippen molar-refractivity contribution in [2.45, 2.75) is 24.4 Å². The molecular formula is C13H26N6O6. The van der Waals surface area contributed by atoms with Crippen molar-refractivity contribution < 1.29 is 28.4 Å². The number of methoxy groups -OCH3 is 6. The van der Waals surface area contributed by atoms with Gasteiger partial charge in [-0.2, -0.15) is 15.0 Å². The summed E-state index contributed by atoms with van der Waals surface area (Å²) in [5.74, 6) is -5.35. The summed E-state index contributed by atoms with van der Waals surface area (Å²) in [6.45, 7) is 1.57. The maximum absolute atomic E-state index is 5.60. The molecule has 1 aromatic rings. The minimum atomic E-state index is -1.84. The molecule has 12 heteroatoms. The highest BCUT2D eigenvalue weighted by molar-refractivity contribution is 5.39. The zero-order valence-electron chi connectivity index (χ0n) is 15.4. The van der Waals surface area contributed by atoms with E-state index in [0.29, 0.717) is 0 Å². The largest absolute Gasteiger partial charge is 0.368 e. The highest BCUT2D eigenvalue weighted by Gasteiger charge is 2.68. The monoisotopic (exact) mass is 362 g/mol. The molecule has 0 fully saturated rings. The second kappa shape index (κ2) is 8.03. The Morgan fingerprint density at radius 2 is 1.16 bits per heavy atom. The second-order valence-corrected chi connectivity index (χ2v) is 4.90. The molecule has 1 aromatic heterocycles. The van der Waals surface area contributed by atoms with Gasteiger partial charge in [0.1, 0.15) is 0 Å². The Morgan fingerprint density at radius 1 is 0.720 bits per heavy atom. The molecular weight excluding hydrogens is 336 g/mol. The van der Waals surface area contributed by atoms with Crippen molar-refractivity contribution in [3.05, 3.63) is 0 Å². The summed E-state index contributed by atoms with van der Waals surface area (Å²) < 4.78 is 33.2. The fourth-order valence-corrected chi connectivity index (χ4v) is 2.52. The lowest BCUT2D eigenvalue weighted by atomic mass is 10.0. The molecule has 12 nitrogen and oxygen atoms in total. The van der Waals surface area contributed by atoms with Gasteiger partial charge in [0.2, 0.25) is 23.6 Å². The van der Waals surface area contributed by atoms with Crippen LogP contribution >= 0.6 is 0 Å². The number of hydrogen-bond acceptors (Lipinski definition) is 12. The quantitative estimate of drug-likeness (QED) is 0.454. The summed E-state index contributed by atoms with van der Waals surface area (Å²) in [4.78, 5) is 11.6. The molecule has 1 rings (SSSR count). The average Bonchev–Trinajstić information content (AvgIpc) is 2.60. The Hall–Kier alpha value is -1.83. The average molecular weight is 362 g/mol. The Labute approximate surface area is 146 Å². The van der Waals surface area contributed by atoms with E-state index in [-0.39, 0.29) is 17.8 Å². The number of nitrogens with two attached hydrogens (primary N) is 2. The predicted octanol–water partition coefficient (Wildman–Crippen LogP) is -0.607. The number of aromatic nitrogens is 3. The van der Waals surface area contributed by atoms with Crippen molar-refractivity contribution in [2.75, 3.05) is 59.4 Å². The van der Waals surface area contributed by atoms with Gasteiger partial charge in [0.25, 0.3) is 0 Å². The second-order valence-electron chi connectivity index (χ2n) is 4.90. The zero-order chi connectivity index (χ0) is 19.3. The number of nitrogens with one attached hydrogen (secondary N) is 1. The third-order valence-electron chi connectivity index (χ3n) is 3.91. The van der Waals surface area contributed by atoms with E-state index in [1.165, 1.54) is 42.7 Å². The van der Waals surface area contributed by atoms with Crippen LogP contribution in [0.5, 0.6) is 0 Å². The van der Waals surface area contributed by atoms with Gasteiger partial charge in [-0.1, -0.05) is 0 Å². The Balaban J connectivity index is 3.55. The number of nitrogens with zero attached hydrogens (tertiary/aromatic N) is 3. The lowest BCUT2D eigenvalue weighted by Crippen LogP contribution is -2.74. The standard InChI is InChI=1S/C13H26N6O6/c1-11(20-2,21-3)12(22-4,23-5)13(24-6,25-7)19-10-17-8(14)16-9(15)18-10/h1-7H3,(H5,14,15,16,17,18,19). The van der Waals surface area contributed by atoms with Crippen LogP contribution in [0.15, 0.2) is 0 Å². The van der Waals surface area contributed by atoms with E-state index >= 15 is 0 Å². The first-order valence-corrected chi connectivity index (χ1v) is 7.09. The minimum Gasteiger partial charge on any atom is -0.368 e. The SMILES string of the molecule is COC(C)(OC)C(OC)(OC)C(Nc1nc(N)nc(N)n1)(OC)OC. The Morgan fingerprint density at radius 3 is 1.48 bits per heavy atom. The molecule has 144 valence electrons. The lowest BCUT2D eigenvalue weighted by Gasteiger charge is -2.52. The normalized spacial score (nSPS) is 13.1. The molecule has 25 heavy (non-hydrogen) atoms. The highest BCUT2D eigenvalue weighted by Crippen LogP contribution is 2.42. The maximum atomic E-state index is 5.60. The zero-order valence-corrected chi connectivity index (χ0v) is 15.4. The number of anilines is 3. The van der Waals surface area contributed by atoms with Gasteiger partial charge in [-0.3, -0.25) is 5.32 Å². The lowest BCUT2D eigenvalue weighted by molar-refractivity contribution is -0.465. The van der Waals surface area contributed by atoms with Crippen LogP contribution in [0.2, 0.25) is 0 Å². The van der Waals surface area contributed by atoms with E-state index in [9.17, 15) is 0 Å². The van der Waals surface area contributed by atoms with E-state index in [1.54, 1.807) is 6.92 Å². The van der Waals surface area contributed by atoms with Gasteiger partial charge in [-0.25, -0.2) is 0 Å². The summed E-state index contributed by atoms with van der Waals surface area (Å²) in [6, 6.07) is 0. The summed E-state index contributed by atoms with van der Waals surface area (Å²) >= 11 is 0. The number of hydrogen-bond donors (Lipinski definition) is 3. The Kier molecular flexibility index (Phi) is 6.82. The molecule has 0 bridgehead atoms. The van der Waals surface area contributed by atoms with Gasteiger partial charge in [0.15, 0.2) is 0 Å². The van der Waals surface area contributed by atoms with Crippen LogP contribution in [0.4, 0.5) is 17.8 Å². The Bertz CT molecular complexity index is 542.